The van der Waals surface area contributed by atoms with Crippen molar-refractivity contribution in [3.8, 4) is 0 Å². The fourth-order valence-corrected chi connectivity index (χ4v) is 3.36. The lowest BCUT2D eigenvalue weighted by molar-refractivity contribution is -0.105. The molecule has 3 nitrogen and oxygen atoms in total. The molecular weight excluding hydrogens is 150 g/mol. The Morgan fingerprint density at radius 2 is 2.33 bits per heavy atom. The fourth-order valence-electron chi connectivity index (χ4n) is 3.36. The van der Waals surface area contributed by atoms with Crippen LogP contribution in [0.15, 0.2) is 0 Å². The van der Waals surface area contributed by atoms with E-state index >= 15 is 0 Å². The highest BCUT2D eigenvalue weighted by Gasteiger charge is 2.55. The van der Waals surface area contributed by atoms with Crippen LogP contribution in [0.2, 0.25) is 0 Å². The zero-order valence-corrected chi connectivity index (χ0v) is 7.71. The summed E-state index contributed by atoms with van der Waals surface area (Å²) in [6, 6.07) is 0. The summed E-state index contributed by atoms with van der Waals surface area (Å²) < 4.78 is 0. The van der Waals surface area contributed by atoms with Crippen molar-refractivity contribution in [2.45, 2.75) is 19.0 Å². The van der Waals surface area contributed by atoms with Crippen molar-refractivity contribution >= 4 is 0 Å². The molecule has 3 fully saturated rings. The van der Waals surface area contributed by atoms with Crippen LogP contribution >= 0.6 is 0 Å². The molecule has 0 saturated carbocycles. The van der Waals surface area contributed by atoms with Crippen LogP contribution in [0.1, 0.15) is 12.8 Å². The topological polar surface area (TPSA) is 18.5 Å². The van der Waals surface area contributed by atoms with Gasteiger partial charge in [0.15, 0.2) is 0 Å². The zero-order valence-electron chi connectivity index (χ0n) is 7.71. The first-order valence-electron chi connectivity index (χ1n) is 4.97. The molecule has 2 unspecified atom stereocenters. The highest BCUT2D eigenvalue weighted by Crippen LogP contribution is 2.46. The van der Waals surface area contributed by atoms with Gasteiger partial charge in [0.2, 0.25) is 0 Å². The van der Waals surface area contributed by atoms with Gasteiger partial charge in [-0.25, -0.2) is 0 Å². The molecule has 0 amide bonds. The summed E-state index contributed by atoms with van der Waals surface area (Å²) in [6.45, 7) is 5.01. The van der Waals surface area contributed by atoms with E-state index in [1.54, 1.807) is 0 Å². The number of fused-ring (bicyclic) bond motifs is 2. The summed E-state index contributed by atoms with van der Waals surface area (Å²) in [4.78, 5) is 5.12. The molecular formula is C9H17N3. The minimum atomic E-state index is 0.618. The second-order valence-electron chi connectivity index (χ2n) is 4.62. The maximum absolute atomic E-state index is 3.51. The molecule has 0 aromatic carbocycles. The molecule has 0 aromatic rings. The van der Waals surface area contributed by atoms with E-state index in [0.717, 1.165) is 6.17 Å². The van der Waals surface area contributed by atoms with Gasteiger partial charge in [0.05, 0.1) is 12.8 Å². The van der Waals surface area contributed by atoms with Gasteiger partial charge >= 0.3 is 0 Å². The van der Waals surface area contributed by atoms with Crippen molar-refractivity contribution in [1.82, 2.24) is 15.1 Å². The van der Waals surface area contributed by atoms with E-state index in [-0.39, 0.29) is 0 Å². The maximum Gasteiger partial charge on any atom is 0.0711 e. The lowest BCUT2D eigenvalue weighted by Crippen LogP contribution is -2.64. The van der Waals surface area contributed by atoms with E-state index < -0.39 is 0 Å². The molecule has 3 aliphatic rings. The Labute approximate surface area is 73.7 Å². The highest BCUT2D eigenvalue weighted by atomic mass is 15.5. The summed E-state index contributed by atoms with van der Waals surface area (Å²) in [5.74, 6) is 0. The van der Waals surface area contributed by atoms with Crippen LogP contribution in [0, 0.1) is 5.41 Å². The molecule has 1 spiro atoms. The van der Waals surface area contributed by atoms with Gasteiger partial charge in [-0.3, -0.25) is 9.80 Å². The van der Waals surface area contributed by atoms with E-state index in [9.17, 15) is 0 Å². The number of hydrogen-bond donors (Lipinski definition) is 1. The smallest absolute Gasteiger partial charge is 0.0711 e. The molecule has 3 rings (SSSR count). The van der Waals surface area contributed by atoms with Crippen LogP contribution in [0.5, 0.6) is 0 Å². The third kappa shape index (κ3) is 0.721. The van der Waals surface area contributed by atoms with Crippen LogP contribution in [0.3, 0.4) is 0 Å². The Morgan fingerprint density at radius 1 is 1.42 bits per heavy atom. The molecule has 2 atom stereocenters. The summed E-state index contributed by atoms with van der Waals surface area (Å²) in [5.41, 5.74) is 0.618. The maximum atomic E-state index is 3.51. The van der Waals surface area contributed by atoms with E-state index in [0.29, 0.717) is 5.41 Å². The highest BCUT2D eigenvalue weighted by molar-refractivity contribution is 5.06. The standard InChI is InChI=1S/C9H17N3/c1-11-7-12-5-3-9(8(11)12)2-4-10-6-9/h8,10H,2-7H2,1H3. The van der Waals surface area contributed by atoms with Gasteiger partial charge in [0.25, 0.3) is 0 Å². The molecule has 0 bridgehead atoms. The lowest BCUT2D eigenvalue weighted by atomic mass is 9.82. The van der Waals surface area contributed by atoms with Gasteiger partial charge in [-0.15, -0.1) is 0 Å². The second kappa shape index (κ2) is 2.22. The van der Waals surface area contributed by atoms with Gasteiger partial charge in [0.1, 0.15) is 0 Å². The molecule has 68 valence electrons. The summed E-state index contributed by atoms with van der Waals surface area (Å²) in [5, 5.41) is 3.51. The van der Waals surface area contributed by atoms with E-state index in [2.05, 4.69) is 22.2 Å². The Balaban J connectivity index is 1.86. The molecule has 0 radical (unpaired) electrons. The third-order valence-corrected chi connectivity index (χ3v) is 3.89. The van der Waals surface area contributed by atoms with Gasteiger partial charge in [0, 0.05) is 18.5 Å². The predicted octanol–water partition coefficient (Wildman–Crippen LogP) is -0.0992. The van der Waals surface area contributed by atoms with E-state index in [1.807, 2.05) is 0 Å². The average molecular weight is 167 g/mol. The quantitative estimate of drug-likeness (QED) is 0.543. The third-order valence-electron chi connectivity index (χ3n) is 3.89. The first kappa shape index (κ1) is 7.30. The summed E-state index contributed by atoms with van der Waals surface area (Å²) in [7, 11) is 2.26. The Morgan fingerprint density at radius 3 is 3.00 bits per heavy atom. The van der Waals surface area contributed by atoms with Gasteiger partial charge < -0.3 is 5.32 Å². The molecule has 0 aromatic heterocycles. The molecule has 0 aliphatic carbocycles. The number of nitrogens with zero attached hydrogens (tertiary/aromatic N) is 2. The largest absolute Gasteiger partial charge is 0.316 e. The minimum Gasteiger partial charge on any atom is -0.316 e. The Kier molecular flexibility index (Phi) is 1.35. The van der Waals surface area contributed by atoms with E-state index in [1.165, 1.54) is 39.1 Å². The van der Waals surface area contributed by atoms with Crippen LogP contribution in [-0.2, 0) is 0 Å². The first-order valence-corrected chi connectivity index (χ1v) is 4.97. The monoisotopic (exact) mass is 167 g/mol. The van der Waals surface area contributed by atoms with E-state index in [4.69, 9.17) is 0 Å². The lowest BCUT2D eigenvalue weighted by Gasteiger charge is -2.50. The predicted molar refractivity (Wildman–Crippen MR) is 47.7 cm³/mol. The number of rotatable bonds is 0. The molecule has 3 saturated heterocycles. The molecule has 3 aliphatic heterocycles. The van der Waals surface area contributed by atoms with Crippen molar-refractivity contribution in [3.05, 3.63) is 0 Å². The van der Waals surface area contributed by atoms with Crippen molar-refractivity contribution in [2.75, 3.05) is 33.4 Å². The van der Waals surface area contributed by atoms with Crippen LogP contribution < -0.4 is 5.32 Å². The minimum absolute atomic E-state index is 0.618. The van der Waals surface area contributed by atoms with Crippen molar-refractivity contribution in [2.24, 2.45) is 5.41 Å². The van der Waals surface area contributed by atoms with Crippen LogP contribution in [-0.4, -0.2) is 49.3 Å². The molecule has 3 heterocycles. The van der Waals surface area contributed by atoms with Crippen LogP contribution in [0.4, 0.5) is 0 Å². The second-order valence-corrected chi connectivity index (χ2v) is 4.62. The van der Waals surface area contributed by atoms with Gasteiger partial charge in [-0.1, -0.05) is 0 Å². The van der Waals surface area contributed by atoms with Gasteiger partial charge in [-0.05, 0) is 26.4 Å². The number of hydrogen-bond acceptors (Lipinski definition) is 3. The molecule has 12 heavy (non-hydrogen) atoms. The number of nitrogens with one attached hydrogen (secondary N) is 1. The van der Waals surface area contributed by atoms with Crippen molar-refractivity contribution < 1.29 is 0 Å². The van der Waals surface area contributed by atoms with Crippen LogP contribution in [0.25, 0.3) is 0 Å². The summed E-state index contributed by atoms with van der Waals surface area (Å²) in [6.07, 6.45) is 3.57. The molecule has 3 heteroatoms. The van der Waals surface area contributed by atoms with Crippen molar-refractivity contribution in [3.63, 3.8) is 0 Å². The Bertz CT molecular complexity index is 198. The van der Waals surface area contributed by atoms with Gasteiger partial charge in [-0.2, -0.15) is 0 Å². The first-order chi connectivity index (χ1) is 5.82. The fraction of sp³-hybridized carbons (Fsp3) is 1.00. The Hall–Kier alpha value is -0.120. The van der Waals surface area contributed by atoms with Crippen molar-refractivity contribution in [1.29, 1.82) is 0 Å². The zero-order chi connectivity index (χ0) is 8.18. The summed E-state index contributed by atoms with van der Waals surface area (Å²) >= 11 is 0. The average Bonchev–Trinajstić information content (AvgIpc) is 2.56. The SMILES string of the molecule is CN1CN2CCC3(CCNC3)C12. The molecule has 1 N–H and O–H groups in total. The normalized spacial score (nSPS) is 48.2.